The number of hydrogen-bond acceptors (Lipinski definition) is 5. The zero-order valence-corrected chi connectivity index (χ0v) is 11.5. The number of nitrogen functional groups attached to an aromatic ring is 1. The number of carbonyl (C=O) groups is 1. The Kier molecular flexibility index (Phi) is 4.62. The summed E-state index contributed by atoms with van der Waals surface area (Å²) >= 11 is 1.74. The first-order valence-electron chi connectivity index (χ1n) is 5.86. The van der Waals surface area contributed by atoms with E-state index in [-0.39, 0.29) is 5.91 Å². The van der Waals surface area contributed by atoms with E-state index >= 15 is 0 Å². The third-order valence-corrected chi connectivity index (χ3v) is 3.52. The molecule has 0 aliphatic heterocycles. The summed E-state index contributed by atoms with van der Waals surface area (Å²) in [5, 5.41) is 2.07. The summed E-state index contributed by atoms with van der Waals surface area (Å²) in [6.45, 7) is 1.63. The molecule has 0 spiro atoms. The number of nitrogens with one attached hydrogen (secondary N) is 1. The molecule has 0 unspecified atom stereocenters. The Morgan fingerprint density at radius 1 is 1.42 bits per heavy atom. The lowest BCUT2D eigenvalue weighted by Gasteiger charge is -2.15. The number of nitrogens with zero attached hydrogens (tertiary/aromatic N) is 2. The molecule has 1 amide bonds. The largest absolute Gasteiger partial charge is 0.295 e. The van der Waals surface area contributed by atoms with E-state index in [1.165, 1.54) is 11.1 Å². The Labute approximate surface area is 116 Å². The second-order valence-corrected chi connectivity index (χ2v) is 5.30. The van der Waals surface area contributed by atoms with Crippen molar-refractivity contribution in [3.05, 3.63) is 52.0 Å². The van der Waals surface area contributed by atoms with E-state index in [0.717, 1.165) is 18.8 Å². The molecule has 0 fully saturated rings. The molecule has 3 N–H and O–H groups in total. The number of rotatable bonds is 5. The Balaban J connectivity index is 1.93. The predicted octanol–water partition coefficient (Wildman–Crippen LogP) is 1.38. The van der Waals surface area contributed by atoms with E-state index in [1.54, 1.807) is 17.4 Å². The van der Waals surface area contributed by atoms with Gasteiger partial charge in [-0.2, -0.15) is 0 Å². The Hall–Kier alpha value is -1.76. The van der Waals surface area contributed by atoms with Gasteiger partial charge in [-0.1, -0.05) is 6.07 Å². The quantitative estimate of drug-likeness (QED) is 0.492. The molecule has 0 aliphatic rings. The van der Waals surface area contributed by atoms with Crippen LogP contribution in [0.2, 0.25) is 0 Å². The normalized spacial score (nSPS) is 10.7. The molecule has 2 heterocycles. The number of hydrogen-bond donors (Lipinski definition) is 2. The van der Waals surface area contributed by atoms with Crippen molar-refractivity contribution in [1.29, 1.82) is 0 Å². The Morgan fingerprint density at radius 2 is 2.26 bits per heavy atom. The molecule has 5 nitrogen and oxygen atoms in total. The lowest BCUT2D eigenvalue weighted by Crippen LogP contribution is -2.30. The maximum Gasteiger partial charge on any atom is 0.266 e. The van der Waals surface area contributed by atoms with E-state index < -0.39 is 0 Å². The second kappa shape index (κ2) is 6.42. The van der Waals surface area contributed by atoms with E-state index in [0.29, 0.717) is 5.56 Å². The Bertz CT molecular complexity index is 524. The zero-order chi connectivity index (χ0) is 13.7. The molecule has 2 rings (SSSR count). The summed E-state index contributed by atoms with van der Waals surface area (Å²) in [4.78, 5) is 19.0. The summed E-state index contributed by atoms with van der Waals surface area (Å²) in [5.41, 5.74) is 3.47. The van der Waals surface area contributed by atoms with Crippen LogP contribution in [0.15, 0.2) is 35.8 Å². The van der Waals surface area contributed by atoms with Gasteiger partial charge in [-0.25, -0.2) is 5.84 Å². The van der Waals surface area contributed by atoms with Gasteiger partial charge in [0.25, 0.3) is 5.91 Å². The minimum Gasteiger partial charge on any atom is -0.295 e. The fraction of sp³-hybridized carbons (Fsp3) is 0.231. The molecule has 0 bridgehead atoms. The van der Waals surface area contributed by atoms with Crippen LogP contribution < -0.4 is 11.3 Å². The first-order chi connectivity index (χ1) is 9.19. The standard InChI is InChI=1S/C13H16N4OS/c1-17(9-12-3-2-6-19-12)8-11-5-4-10(7-15-11)13(18)16-14/h2-7H,8-9,14H2,1H3,(H,16,18). The lowest BCUT2D eigenvalue weighted by molar-refractivity contribution is 0.0953. The fourth-order valence-electron chi connectivity index (χ4n) is 1.74. The monoisotopic (exact) mass is 276 g/mol. The SMILES string of the molecule is CN(Cc1ccc(C(=O)NN)cn1)Cc1cccs1. The Morgan fingerprint density at radius 3 is 2.84 bits per heavy atom. The molecule has 0 saturated carbocycles. The van der Waals surface area contributed by atoms with E-state index in [1.807, 2.05) is 19.2 Å². The van der Waals surface area contributed by atoms with E-state index in [9.17, 15) is 4.79 Å². The summed E-state index contributed by atoms with van der Waals surface area (Å²) < 4.78 is 0. The van der Waals surface area contributed by atoms with Crippen molar-refractivity contribution in [1.82, 2.24) is 15.3 Å². The third-order valence-electron chi connectivity index (χ3n) is 2.66. The van der Waals surface area contributed by atoms with Gasteiger partial charge in [0.2, 0.25) is 0 Å². The number of aromatic nitrogens is 1. The van der Waals surface area contributed by atoms with Gasteiger partial charge in [0.15, 0.2) is 0 Å². The maximum atomic E-state index is 11.3. The number of nitrogens with two attached hydrogens (primary N) is 1. The van der Waals surface area contributed by atoms with Gasteiger partial charge in [0.1, 0.15) is 0 Å². The molecule has 0 aromatic carbocycles. The van der Waals surface area contributed by atoms with Crippen molar-refractivity contribution in [2.45, 2.75) is 13.1 Å². The molecular formula is C13H16N4OS. The van der Waals surface area contributed by atoms with Crippen molar-refractivity contribution in [3.63, 3.8) is 0 Å². The van der Waals surface area contributed by atoms with Gasteiger partial charge in [-0.05, 0) is 30.6 Å². The van der Waals surface area contributed by atoms with Gasteiger partial charge in [-0.3, -0.25) is 20.1 Å². The number of pyridine rings is 1. The van der Waals surface area contributed by atoms with Crippen molar-refractivity contribution in [2.24, 2.45) is 5.84 Å². The number of thiophene rings is 1. The van der Waals surface area contributed by atoms with Gasteiger partial charge >= 0.3 is 0 Å². The average molecular weight is 276 g/mol. The van der Waals surface area contributed by atoms with Crippen LogP contribution in [0.25, 0.3) is 0 Å². The van der Waals surface area contributed by atoms with Crippen LogP contribution in [-0.4, -0.2) is 22.8 Å². The highest BCUT2D eigenvalue weighted by Crippen LogP contribution is 2.12. The molecule has 2 aromatic rings. The summed E-state index contributed by atoms with van der Waals surface area (Å²) in [5.74, 6) is 4.74. The van der Waals surface area contributed by atoms with Crippen LogP contribution in [0.1, 0.15) is 20.9 Å². The highest BCUT2D eigenvalue weighted by atomic mass is 32.1. The van der Waals surface area contributed by atoms with Gasteiger partial charge < -0.3 is 0 Å². The topological polar surface area (TPSA) is 71.2 Å². The van der Waals surface area contributed by atoms with Crippen LogP contribution in [0.3, 0.4) is 0 Å². The molecule has 0 aliphatic carbocycles. The van der Waals surface area contributed by atoms with Crippen LogP contribution >= 0.6 is 11.3 Å². The van der Waals surface area contributed by atoms with Crippen LogP contribution in [-0.2, 0) is 13.1 Å². The molecule has 2 aromatic heterocycles. The minimum absolute atomic E-state index is 0.328. The molecule has 0 atom stereocenters. The van der Waals surface area contributed by atoms with Gasteiger partial charge in [-0.15, -0.1) is 11.3 Å². The van der Waals surface area contributed by atoms with Crippen molar-refractivity contribution < 1.29 is 4.79 Å². The summed E-state index contributed by atoms with van der Waals surface area (Å²) in [6.07, 6.45) is 1.54. The highest BCUT2D eigenvalue weighted by molar-refractivity contribution is 7.09. The summed E-state index contributed by atoms with van der Waals surface area (Å²) in [7, 11) is 2.04. The number of amides is 1. The van der Waals surface area contributed by atoms with E-state index in [4.69, 9.17) is 5.84 Å². The third kappa shape index (κ3) is 3.85. The maximum absolute atomic E-state index is 11.3. The highest BCUT2D eigenvalue weighted by Gasteiger charge is 2.06. The molecular weight excluding hydrogens is 260 g/mol. The molecule has 6 heteroatoms. The smallest absolute Gasteiger partial charge is 0.266 e. The lowest BCUT2D eigenvalue weighted by atomic mass is 10.2. The van der Waals surface area contributed by atoms with Crippen LogP contribution in [0, 0.1) is 0 Å². The van der Waals surface area contributed by atoms with Crippen molar-refractivity contribution in [2.75, 3.05) is 7.05 Å². The minimum atomic E-state index is -0.328. The molecule has 100 valence electrons. The van der Waals surface area contributed by atoms with Crippen LogP contribution in [0.4, 0.5) is 0 Å². The van der Waals surface area contributed by atoms with E-state index in [2.05, 4.69) is 26.8 Å². The molecule has 19 heavy (non-hydrogen) atoms. The molecule has 0 radical (unpaired) electrons. The number of carbonyl (C=O) groups excluding carboxylic acids is 1. The number of hydrazine groups is 1. The van der Waals surface area contributed by atoms with Crippen molar-refractivity contribution in [3.8, 4) is 0 Å². The van der Waals surface area contributed by atoms with Crippen molar-refractivity contribution >= 4 is 17.2 Å². The molecule has 0 saturated heterocycles. The first-order valence-corrected chi connectivity index (χ1v) is 6.74. The fourth-order valence-corrected chi connectivity index (χ4v) is 2.52. The summed E-state index contributed by atoms with van der Waals surface area (Å²) in [6, 6.07) is 7.73. The zero-order valence-electron chi connectivity index (χ0n) is 10.7. The second-order valence-electron chi connectivity index (χ2n) is 4.26. The van der Waals surface area contributed by atoms with Gasteiger partial charge in [0.05, 0.1) is 11.3 Å². The first kappa shape index (κ1) is 13.7. The predicted molar refractivity (Wildman–Crippen MR) is 75.4 cm³/mol. The van der Waals surface area contributed by atoms with Gasteiger partial charge in [0, 0.05) is 24.2 Å². The van der Waals surface area contributed by atoms with Crippen LogP contribution in [0.5, 0.6) is 0 Å². The average Bonchev–Trinajstić information content (AvgIpc) is 2.91.